The van der Waals surface area contributed by atoms with Crippen LogP contribution in [0.1, 0.15) is 17.2 Å². The van der Waals surface area contributed by atoms with Gasteiger partial charge < -0.3 is 20.7 Å². The molecule has 6 nitrogen and oxygen atoms in total. The lowest BCUT2D eigenvalue weighted by Gasteiger charge is -2.28. The maximum atomic E-state index is 12.3. The maximum Gasteiger partial charge on any atom is 0.247 e. The minimum atomic E-state index is -0.716. The molecule has 1 saturated heterocycles. The van der Waals surface area contributed by atoms with Gasteiger partial charge in [0.05, 0.1) is 25.1 Å². The number of pyridine rings is 1. The van der Waals surface area contributed by atoms with Crippen molar-refractivity contribution in [3.05, 3.63) is 53.7 Å². The first kappa shape index (κ1) is 16.4. The van der Waals surface area contributed by atoms with Gasteiger partial charge in [0.15, 0.2) is 0 Å². The number of rotatable bonds is 4. The molecule has 1 aliphatic heterocycles. The van der Waals surface area contributed by atoms with Crippen molar-refractivity contribution in [3.8, 4) is 0 Å². The lowest BCUT2D eigenvalue weighted by molar-refractivity contribution is -0.117. The van der Waals surface area contributed by atoms with E-state index in [2.05, 4.69) is 15.2 Å². The number of benzene rings is 1. The van der Waals surface area contributed by atoms with Crippen LogP contribution in [0, 0.1) is 6.92 Å². The monoisotopic (exact) mass is 326 g/mol. The fourth-order valence-electron chi connectivity index (χ4n) is 2.60. The van der Waals surface area contributed by atoms with Crippen molar-refractivity contribution in [2.45, 2.75) is 13.0 Å². The van der Waals surface area contributed by atoms with Crippen LogP contribution >= 0.6 is 0 Å². The number of hydrogen-bond donors (Lipinski definition) is 2. The van der Waals surface area contributed by atoms with Crippen LogP contribution in [0.25, 0.3) is 0 Å². The summed E-state index contributed by atoms with van der Waals surface area (Å²) < 4.78 is 5.34. The van der Waals surface area contributed by atoms with E-state index in [9.17, 15) is 4.79 Å². The number of ether oxygens (including phenoxy) is 1. The largest absolute Gasteiger partial charge is 0.378 e. The number of amides is 1. The Morgan fingerprint density at radius 3 is 2.54 bits per heavy atom. The minimum Gasteiger partial charge on any atom is -0.378 e. The van der Waals surface area contributed by atoms with Gasteiger partial charge in [-0.05, 0) is 24.6 Å². The maximum absolute atomic E-state index is 12.3. The van der Waals surface area contributed by atoms with Crippen LogP contribution in [0.2, 0.25) is 0 Å². The van der Waals surface area contributed by atoms with Gasteiger partial charge in [-0.2, -0.15) is 0 Å². The van der Waals surface area contributed by atoms with E-state index in [1.165, 1.54) is 0 Å². The second-order valence-corrected chi connectivity index (χ2v) is 5.88. The second kappa shape index (κ2) is 7.42. The van der Waals surface area contributed by atoms with Crippen molar-refractivity contribution < 1.29 is 9.53 Å². The molecule has 0 radical (unpaired) electrons. The molecule has 0 aliphatic carbocycles. The number of nitrogens with two attached hydrogens (primary N) is 1. The quantitative estimate of drug-likeness (QED) is 0.896. The van der Waals surface area contributed by atoms with Crippen LogP contribution in [0.5, 0.6) is 0 Å². The summed E-state index contributed by atoms with van der Waals surface area (Å²) in [4.78, 5) is 18.8. The van der Waals surface area contributed by atoms with E-state index in [1.54, 1.807) is 12.3 Å². The third-order valence-electron chi connectivity index (χ3n) is 4.09. The predicted molar refractivity (Wildman–Crippen MR) is 94.0 cm³/mol. The second-order valence-electron chi connectivity index (χ2n) is 5.88. The zero-order valence-corrected chi connectivity index (χ0v) is 13.7. The Hall–Kier alpha value is -2.44. The van der Waals surface area contributed by atoms with E-state index in [4.69, 9.17) is 10.5 Å². The first-order chi connectivity index (χ1) is 11.6. The van der Waals surface area contributed by atoms with Crippen molar-refractivity contribution in [1.29, 1.82) is 0 Å². The summed E-state index contributed by atoms with van der Waals surface area (Å²) in [5.74, 6) is 0.227. The van der Waals surface area contributed by atoms with Gasteiger partial charge in [-0.25, -0.2) is 4.98 Å². The van der Waals surface area contributed by atoms with E-state index in [0.29, 0.717) is 5.82 Å². The average molecular weight is 326 g/mol. The molecular formula is C18H22N4O2. The summed E-state index contributed by atoms with van der Waals surface area (Å²) in [6, 6.07) is 10.7. The molecular weight excluding hydrogens is 304 g/mol. The molecule has 6 heteroatoms. The SMILES string of the molecule is Cc1ccc(C(N)C(=O)Nc2ccc(N3CCOCC3)cn2)cc1. The molecule has 24 heavy (non-hydrogen) atoms. The summed E-state index contributed by atoms with van der Waals surface area (Å²) in [6.07, 6.45) is 1.76. The number of anilines is 2. The van der Waals surface area contributed by atoms with Crippen LogP contribution in [-0.4, -0.2) is 37.2 Å². The van der Waals surface area contributed by atoms with Gasteiger partial charge >= 0.3 is 0 Å². The van der Waals surface area contributed by atoms with E-state index in [0.717, 1.165) is 43.1 Å². The Morgan fingerprint density at radius 1 is 1.21 bits per heavy atom. The molecule has 1 aromatic heterocycles. The Labute approximate surface area is 141 Å². The molecule has 0 bridgehead atoms. The molecule has 2 aromatic rings. The number of hydrogen-bond acceptors (Lipinski definition) is 5. The Morgan fingerprint density at radius 2 is 1.92 bits per heavy atom. The third kappa shape index (κ3) is 3.90. The molecule has 1 fully saturated rings. The Balaban J connectivity index is 1.62. The number of nitrogens with one attached hydrogen (secondary N) is 1. The first-order valence-corrected chi connectivity index (χ1v) is 8.05. The number of aromatic nitrogens is 1. The number of aryl methyl sites for hydroxylation is 1. The summed E-state index contributed by atoms with van der Waals surface area (Å²) >= 11 is 0. The molecule has 2 heterocycles. The molecule has 1 atom stereocenters. The van der Waals surface area contributed by atoms with Gasteiger partial charge in [0.1, 0.15) is 11.9 Å². The summed E-state index contributed by atoms with van der Waals surface area (Å²) in [5, 5.41) is 2.77. The summed E-state index contributed by atoms with van der Waals surface area (Å²) in [5.41, 5.74) is 8.96. The number of nitrogens with zero attached hydrogens (tertiary/aromatic N) is 2. The number of carbonyl (C=O) groups is 1. The minimum absolute atomic E-state index is 0.273. The first-order valence-electron chi connectivity index (χ1n) is 8.05. The topological polar surface area (TPSA) is 80.5 Å². The molecule has 0 saturated carbocycles. The molecule has 3 rings (SSSR count). The zero-order valence-electron chi connectivity index (χ0n) is 13.7. The fourth-order valence-corrected chi connectivity index (χ4v) is 2.60. The standard InChI is InChI=1S/C18H22N4O2/c1-13-2-4-14(5-3-13)17(19)18(23)21-16-7-6-15(12-20-16)22-8-10-24-11-9-22/h2-7,12,17H,8-11,19H2,1H3,(H,20,21,23). The zero-order chi connectivity index (χ0) is 16.9. The van der Waals surface area contributed by atoms with Crippen LogP contribution in [-0.2, 0) is 9.53 Å². The molecule has 1 unspecified atom stereocenters. The van der Waals surface area contributed by atoms with Crippen molar-refractivity contribution in [3.63, 3.8) is 0 Å². The van der Waals surface area contributed by atoms with Gasteiger partial charge in [0, 0.05) is 13.1 Å². The summed E-state index contributed by atoms with van der Waals surface area (Å²) in [6.45, 7) is 5.15. The normalized spacial score (nSPS) is 15.8. The van der Waals surface area contributed by atoms with Crippen LogP contribution in [0.4, 0.5) is 11.5 Å². The number of carbonyl (C=O) groups excluding carboxylic acids is 1. The van der Waals surface area contributed by atoms with Crippen molar-refractivity contribution >= 4 is 17.4 Å². The molecule has 1 aromatic carbocycles. The Bertz CT molecular complexity index is 679. The van der Waals surface area contributed by atoms with E-state index < -0.39 is 6.04 Å². The molecule has 126 valence electrons. The van der Waals surface area contributed by atoms with Crippen molar-refractivity contribution in [2.24, 2.45) is 5.73 Å². The smallest absolute Gasteiger partial charge is 0.247 e. The number of morpholine rings is 1. The van der Waals surface area contributed by atoms with Crippen LogP contribution < -0.4 is 16.0 Å². The molecule has 1 amide bonds. The van der Waals surface area contributed by atoms with Gasteiger partial charge in [0.25, 0.3) is 0 Å². The predicted octanol–water partition coefficient (Wildman–Crippen LogP) is 1.87. The van der Waals surface area contributed by atoms with Gasteiger partial charge in [0.2, 0.25) is 5.91 Å². The fraction of sp³-hybridized carbons (Fsp3) is 0.333. The van der Waals surface area contributed by atoms with E-state index >= 15 is 0 Å². The molecule has 1 aliphatic rings. The lowest BCUT2D eigenvalue weighted by Crippen LogP contribution is -2.36. The van der Waals surface area contributed by atoms with Crippen molar-refractivity contribution in [1.82, 2.24) is 4.98 Å². The lowest BCUT2D eigenvalue weighted by atomic mass is 10.1. The highest BCUT2D eigenvalue weighted by Crippen LogP contribution is 2.18. The Kier molecular flexibility index (Phi) is 5.08. The summed E-state index contributed by atoms with van der Waals surface area (Å²) in [7, 11) is 0. The van der Waals surface area contributed by atoms with E-state index in [-0.39, 0.29) is 5.91 Å². The average Bonchev–Trinajstić information content (AvgIpc) is 2.63. The van der Waals surface area contributed by atoms with E-state index in [1.807, 2.05) is 37.3 Å². The third-order valence-corrected chi connectivity index (χ3v) is 4.09. The van der Waals surface area contributed by atoms with Gasteiger partial charge in [-0.15, -0.1) is 0 Å². The van der Waals surface area contributed by atoms with Crippen LogP contribution in [0.15, 0.2) is 42.6 Å². The highest BCUT2D eigenvalue weighted by Gasteiger charge is 2.17. The van der Waals surface area contributed by atoms with Gasteiger partial charge in [-0.3, -0.25) is 4.79 Å². The van der Waals surface area contributed by atoms with Crippen LogP contribution in [0.3, 0.4) is 0 Å². The van der Waals surface area contributed by atoms with Gasteiger partial charge in [-0.1, -0.05) is 29.8 Å². The highest BCUT2D eigenvalue weighted by molar-refractivity contribution is 5.94. The highest BCUT2D eigenvalue weighted by atomic mass is 16.5. The van der Waals surface area contributed by atoms with Crippen molar-refractivity contribution in [2.75, 3.05) is 36.5 Å². The molecule has 3 N–H and O–H groups in total. The molecule has 0 spiro atoms.